The van der Waals surface area contributed by atoms with Crippen LogP contribution in [0.25, 0.3) is 0 Å². The zero-order chi connectivity index (χ0) is 2.00. The topological polar surface area (TPSA) is 17.1 Å². The van der Waals surface area contributed by atoms with Gasteiger partial charge in [-0.1, -0.05) is 0 Å². The van der Waals surface area contributed by atoms with E-state index in [0.29, 0.717) is 0 Å². The fourth-order valence-corrected chi connectivity index (χ4v) is 0. The Morgan fingerprint density at radius 3 is 1.00 bits per heavy atom. The van der Waals surface area contributed by atoms with Crippen molar-refractivity contribution in [2.24, 2.45) is 0 Å². The van der Waals surface area contributed by atoms with Crippen molar-refractivity contribution in [2.75, 3.05) is 0 Å². The van der Waals surface area contributed by atoms with Gasteiger partial charge < -0.3 is 4.79 Å². The minimum atomic E-state index is 0. The summed E-state index contributed by atoms with van der Waals surface area (Å²) in [4.78, 5) is 8.00. The number of rotatable bonds is 0. The van der Waals surface area contributed by atoms with Crippen LogP contribution < -0.4 is 0 Å². The maximum atomic E-state index is 8.00. The Kier molecular flexibility index (Phi) is 77.8. The SMILES string of the molecule is C=O.[CaH2].[CaH2]. The van der Waals surface area contributed by atoms with Crippen LogP contribution in [0.2, 0.25) is 0 Å². The van der Waals surface area contributed by atoms with Gasteiger partial charge in [0, 0.05) is 0 Å². The molecule has 0 aromatic rings. The van der Waals surface area contributed by atoms with Crippen LogP contribution in [0.1, 0.15) is 0 Å². The molecule has 0 rings (SSSR count). The van der Waals surface area contributed by atoms with Gasteiger partial charge in [0.15, 0.2) is 0 Å². The predicted molar refractivity (Wildman–Crippen MR) is 24.2 cm³/mol. The first kappa shape index (κ1) is 16.4. The molecule has 20 valence electrons. The van der Waals surface area contributed by atoms with Crippen LogP contribution in [0, 0.1) is 0 Å². The Labute approximate surface area is 85.1 Å². The molecule has 4 heavy (non-hydrogen) atoms. The molecule has 3 heteroatoms. The Bertz CT molecular complexity index is 6.00. The maximum absolute atomic E-state index is 8.00. The van der Waals surface area contributed by atoms with Crippen LogP contribution in [0.3, 0.4) is 0 Å². The van der Waals surface area contributed by atoms with E-state index in [1.165, 1.54) is 0 Å². The second kappa shape index (κ2) is 19.0. The number of carbonyl (C=O) groups is 1. The van der Waals surface area contributed by atoms with E-state index in [0.717, 1.165) is 0 Å². The molecule has 1 nitrogen and oxygen atoms in total. The second-order valence-corrected chi connectivity index (χ2v) is 0. The first-order chi connectivity index (χ1) is 1.00. The minimum absolute atomic E-state index is 0. The molecule has 0 aromatic heterocycles. The quantitative estimate of drug-likeness (QED) is 0.332. The summed E-state index contributed by atoms with van der Waals surface area (Å²) in [6.45, 7) is 2.00. The molecule has 0 spiro atoms. The van der Waals surface area contributed by atoms with Crippen molar-refractivity contribution < 1.29 is 4.79 Å². The summed E-state index contributed by atoms with van der Waals surface area (Å²) in [5.41, 5.74) is 0. The summed E-state index contributed by atoms with van der Waals surface area (Å²) in [7, 11) is 0. The van der Waals surface area contributed by atoms with E-state index in [1.807, 2.05) is 6.79 Å². The van der Waals surface area contributed by atoms with Crippen molar-refractivity contribution in [2.45, 2.75) is 0 Å². The number of hydrogen-bond acceptors (Lipinski definition) is 1. The molecule has 0 bridgehead atoms. The number of hydrogen-bond donors (Lipinski definition) is 0. The van der Waals surface area contributed by atoms with Crippen molar-refractivity contribution in [1.82, 2.24) is 0 Å². The van der Waals surface area contributed by atoms with Gasteiger partial charge >= 0.3 is 75.5 Å². The van der Waals surface area contributed by atoms with Gasteiger partial charge in [0.2, 0.25) is 0 Å². The predicted octanol–water partition coefficient (Wildman–Crippen LogP) is -2.02. The van der Waals surface area contributed by atoms with Crippen molar-refractivity contribution >= 4 is 82.3 Å². The molecule has 0 aliphatic heterocycles. The van der Waals surface area contributed by atoms with Gasteiger partial charge in [-0.2, -0.15) is 0 Å². The van der Waals surface area contributed by atoms with Crippen molar-refractivity contribution in [3.8, 4) is 0 Å². The third kappa shape index (κ3) is 8.89. The first-order valence-electron chi connectivity index (χ1n) is 0.289. The van der Waals surface area contributed by atoms with E-state index in [-0.39, 0.29) is 75.5 Å². The van der Waals surface area contributed by atoms with Crippen molar-refractivity contribution in [3.63, 3.8) is 0 Å². The van der Waals surface area contributed by atoms with Crippen LogP contribution in [0.5, 0.6) is 0 Å². The normalized spacial score (nSPS) is 1.00. The monoisotopic (exact) mass is 114 g/mol. The van der Waals surface area contributed by atoms with Gasteiger partial charge in [0.1, 0.15) is 6.79 Å². The van der Waals surface area contributed by atoms with Crippen LogP contribution >= 0.6 is 0 Å². The van der Waals surface area contributed by atoms with Gasteiger partial charge in [0.25, 0.3) is 0 Å². The third-order valence-corrected chi connectivity index (χ3v) is 0. The Morgan fingerprint density at radius 2 is 1.00 bits per heavy atom. The average Bonchev–Trinajstić information content (AvgIpc) is 1.00. The standard InChI is InChI=1S/CH2O.2Ca.4H/c1-2;;;;;;/h1H2;;;;;;. The Morgan fingerprint density at radius 1 is 1.00 bits per heavy atom. The summed E-state index contributed by atoms with van der Waals surface area (Å²) >= 11 is 0. The molecule has 0 aliphatic carbocycles. The van der Waals surface area contributed by atoms with Crippen LogP contribution in [-0.4, -0.2) is 82.3 Å². The molecule has 0 saturated heterocycles. The molecule has 0 atom stereocenters. The third-order valence-electron chi connectivity index (χ3n) is 0. The number of carbonyl (C=O) groups excluding carboxylic acids is 1. The summed E-state index contributed by atoms with van der Waals surface area (Å²) in [5, 5.41) is 0. The molecule has 0 saturated carbocycles. The summed E-state index contributed by atoms with van der Waals surface area (Å²) < 4.78 is 0. The van der Waals surface area contributed by atoms with Gasteiger partial charge in [-0.15, -0.1) is 0 Å². The van der Waals surface area contributed by atoms with Crippen molar-refractivity contribution in [1.29, 1.82) is 0 Å². The molecule has 0 unspecified atom stereocenters. The summed E-state index contributed by atoms with van der Waals surface area (Å²) in [6, 6.07) is 0. The second-order valence-electron chi connectivity index (χ2n) is 0. The van der Waals surface area contributed by atoms with E-state index in [9.17, 15) is 0 Å². The van der Waals surface area contributed by atoms with E-state index in [2.05, 4.69) is 0 Å². The zero-order valence-corrected chi connectivity index (χ0v) is 1.12. The van der Waals surface area contributed by atoms with Crippen LogP contribution in [0.15, 0.2) is 0 Å². The van der Waals surface area contributed by atoms with E-state index in [4.69, 9.17) is 4.79 Å². The van der Waals surface area contributed by atoms with E-state index < -0.39 is 0 Å². The van der Waals surface area contributed by atoms with Crippen molar-refractivity contribution in [3.05, 3.63) is 0 Å². The molecule has 0 aromatic carbocycles. The first-order valence-corrected chi connectivity index (χ1v) is 0.289. The summed E-state index contributed by atoms with van der Waals surface area (Å²) in [6.07, 6.45) is 0. The fourth-order valence-electron chi connectivity index (χ4n) is 0. The molecular weight excluding hydrogens is 108 g/mol. The molecule has 0 aliphatic rings. The van der Waals surface area contributed by atoms with Gasteiger partial charge in [-0.3, -0.25) is 0 Å². The molecular formula is CH6Ca2O. The Hall–Kier alpha value is 2.19. The van der Waals surface area contributed by atoms with Crippen LogP contribution in [0.4, 0.5) is 0 Å². The fraction of sp³-hybridized carbons (Fsp3) is 0. The summed E-state index contributed by atoms with van der Waals surface area (Å²) in [5.74, 6) is 0. The Balaban J connectivity index is -0.00000000500. The molecule has 0 N–H and O–H groups in total. The van der Waals surface area contributed by atoms with Gasteiger partial charge in [-0.25, -0.2) is 0 Å². The molecule has 0 heterocycles. The van der Waals surface area contributed by atoms with Crippen LogP contribution in [-0.2, 0) is 4.79 Å². The van der Waals surface area contributed by atoms with Gasteiger partial charge in [0.05, 0.1) is 0 Å². The van der Waals surface area contributed by atoms with Gasteiger partial charge in [-0.05, 0) is 0 Å². The van der Waals surface area contributed by atoms with E-state index >= 15 is 0 Å². The average molecular weight is 114 g/mol. The van der Waals surface area contributed by atoms with E-state index in [1.54, 1.807) is 0 Å². The molecule has 0 amide bonds. The molecule has 0 radical (unpaired) electrons. The zero-order valence-electron chi connectivity index (χ0n) is 1.12. The molecule has 0 fully saturated rings.